The summed E-state index contributed by atoms with van der Waals surface area (Å²) in [5, 5.41) is 3.76. The van der Waals surface area contributed by atoms with Gasteiger partial charge in [0.15, 0.2) is 0 Å². The molecule has 0 bridgehead atoms. The first-order chi connectivity index (χ1) is 8.05. The van der Waals surface area contributed by atoms with Gasteiger partial charge < -0.3 is 5.32 Å². The number of hydrogen-bond acceptors (Lipinski definition) is 3. The van der Waals surface area contributed by atoms with Gasteiger partial charge in [-0.25, -0.2) is 0 Å². The molecule has 17 heavy (non-hydrogen) atoms. The van der Waals surface area contributed by atoms with Crippen molar-refractivity contribution in [2.24, 2.45) is 5.92 Å². The summed E-state index contributed by atoms with van der Waals surface area (Å²) >= 11 is 0. The molecule has 0 spiro atoms. The standard InChI is InChI=1S/C13H26N2OS/c1-4-12-9-14-13(2,11-5-6-11)10-15(12)7-8-17(3)16/h11-12,14H,4-10H2,1-3H3. The van der Waals surface area contributed by atoms with E-state index in [1.54, 1.807) is 0 Å². The quantitative estimate of drug-likeness (QED) is 0.805. The maximum Gasteiger partial charge on any atom is 0.0359 e. The number of rotatable bonds is 5. The van der Waals surface area contributed by atoms with Crippen LogP contribution in [0, 0.1) is 5.92 Å². The molecule has 1 N–H and O–H groups in total. The van der Waals surface area contributed by atoms with Crippen molar-refractivity contribution in [1.82, 2.24) is 10.2 Å². The first-order valence-corrected chi connectivity index (χ1v) is 8.57. The van der Waals surface area contributed by atoms with Crippen molar-refractivity contribution >= 4 is 10.8 Å². The summed E-state index contributed by atoms with van der Waals surface area (Å²) in [6.45, 7) is 7.84. The van der Waals surface area contributed by atoms with Crippen LogP contribution >= 0.6 is 0 Å². The Labute approximate surface area is 108 Å². The van der Waals surface area contributed by atoms with Crippen molar-refractivity contribution in [2.45, 2.75) is 44.7 Å². The van der Waals surface area contributed by atoms with Crippen LogP contribution in [0.4, 0.5) is 0 Å². The van der Waals surface area contributed by atoms with Crippen molar-refractivity contribution in [3.8, 4) is 0 Å². The molecule has 2 fully saturated rings. The third-order valence-electron chi connectivity index (χ3n) is 4.41. The van der Waals surface area contributed by atoms with E-state index in [-0.39, 0.29) is 0 Å². The third-order valence-corrected chi connectivity index (χ3v) is 5.16. The number of nitrogens with one attached hydrogen (secondary N) is 1. The maximum absolute atomic E-state index is 11.3. The molecule has 4 heteroatoms. The highest BCUT2D eigenvalue weighted by atomic mass is 32.2. The zero-order chi connectivity index (χ0) is 12.5. The van der Waals surface area contributed by atoms with Crippen LogP contribution in [0.1, 0.15) is 33.1 Å². The smallest absolute Gasteiger partial charge is 0.0359 e. The van der Waals surface area contributed by atoms with E-state index in [2.05, 4.69) is 24.1 Å². The van der Waals surface area contributed by atoms with Crippen LogP contribution in [0.15, 0.2) is 0 Å². The number of hydrogen-bond donors (Lipinski definition) is 1. The molecular formula is C13H26N2OS. The Hall–Kier alpha value is 0.0700. The van der Waals surface area contributed by atoms with Gasteiger partial charge in [0.05, 0.1) is 0 Å². The van der Waals surface area contributed by atoms with Crippen LogP contribution in [0.3, 0.4) is 0 Å². The molecule has 1 aliphatic carbocycles. The fraction of sp³-hybridized carbons (Fsp3) is 1.00. The van der Waals surface area contributed by atoms with Crippen molar-refractivity contribution < 1.29 is 4.21 Å². The minimum Gasteiger partial charge on any atom is -0.308 e. The van der Waals surface area contributed by atoms with E-state index in [9.17, 15) is 4.21 Å². The second-order valence-electron chi connectivity index (χ2n) is 5.88. The molecule has 0 amide bonds. The minimum atomic E-state index is -0.666. The zero-order valence-electron chi connectivity index (χ0n) is 11.4. The molecule has 2 aliphatic rings. The summed E-state index contributed by atoms with van der Waals surface area (Å²) in [6.07, 6.45) is 5.76. The molecule has 0 aromatic rings. The Kier molecular flexibility index (Phi) is 4.26. The van der Waals surface area contributed by atoms with Crippen LogP contribution in [0.5, 0.6) is 0 Å². The van der Waals surface area contributed by atoms with Gasteiger partial charge >= 0.3 is 0 Å². The van der Waals surface area contributed by atoms with Gasteiger partial charge in [0.25, 0.3) is 0 Å². The fourth-order valence-corrected chi connectivity index (χ4v) is 3.48. The first kappa shape index (κ1) is 13.5. The Bertz CT molecular complexity index is 293. The predicted octanol–water partition coefficient (Wildman–Crippen LogP) is 1.22. The summed E-state index contributed by atoms with van der Waals surface area (Å²) in [7, 11) is -0.666. The average Bonchev–Trinajstić information content (AvgIpc) is 3.10. The highest BCUT2D eigenvalue weighted by molar-refractivity contribution is 7.84. The average molecular weight is 258 g/mol. The summed E-state index contributed by atoms with van der Waals surface area (Å²) < 4.78 is 11.3. The van der Waals surface area contributed by atoms with Crippen molar-refractivity contribution in [3.63, 3.8) is 0 Å². The maximum atomic E-state index is 11.3. The van der Waals surface area contributed by atoms with E-state index in [1.807, 2.05) is 6.26 Å². The van der Waals surface area contributed by atoms with Crippen LogP contribution in [0.25, 0.3) is 0 Å². The highest BCUT2D eigenvalue weighted by Gasteiger charge is 2.45. The van der Waals surface area contributed by atoms with Crippen LogP contribution in [0.2, 0.25) is 0 Å². The van der Waals surface area contributed by atoms with Gasteiger partial charge in [0.1, 0.15) is 0 Å². The molecule has 0 radical (unpaired) electrons. The number of nitrogens with zero attached hydrogens (tertiary/aromatic N) is 1. The first-order valence-electron chi connectivity index (χ1n) is 6.84. The number of piperazine rings is 1. The largest absolute Gasteiger partial charge is 0.308 e. The van der Waals surface area contributed by atoms with E-state index in [4.69, 9.17) is 0 Å². The van der Waals surface area contributed by atoms with E-state index in [0.29, 0.717) is 11.6 Å². The molecule has 3 unspecified atom stereocenters. The molecule has 0 aromatic carbocycles. The highest BCUT2D eigenvalue weighted by Crippen LogP contribution is 2.41. The summed E-state index contributed by atoms with van der Waals surface area (Å²) in [5.41, 5.74) is 0.306. The van der Waals surface area contributed by atoms with Gasteiger partial charge in [-0.2, -0.15) is 0 Å². The van der Waals surface area contributed by atoms with Gasteiger partial charge in [-0.3, -0.25) is 9.11 Å². The molecule has 1 heterocycles. The SMILES string of the molecule is CCC1CNC(C)(C2CC2)CN1CCS(C)=O. The molecule has 2 rings (SSSR count). The van der Waals surface area contributed by atoms with Crippen molar-refractivity contribution in [3.05, 3.63) is 0 Å². The fourth-order valence-electron chi connectivity index (χ4n) is 2.99. The van der Waals surface area contributed by atoms with Crippen molar-refractivity contribution in [1.29, 1.82) is 0 Å². The second-order valence-corrected chi connectivity index (χ2v) is 7.44. The summed E-state index contributed by atoms with van der Waals surface area (Å²) in [4.78, 5) is 2.57. The normalized spacial score (nSPS) is 37.0. The lowest BCUT2D eigenvalue weighted by Gasteiger charge is -2.46. The molecular weight excluding hydrogens is 232 g/mol. The molecule has 1 aliphatic heterocycles. The van der Waals surface area contributed by atoms with E-state index >= 15 is 0 Å². The Morgan fingerprint density at radius 1 is 1.47 bits per heavy atom. The Morgan fingerprint density at radius 2 is 2.18 bits per heavy atom. The van der Waals surface area contributed by atoms with Crippen LogP contribution < -0.4 is 5.32 Å². The van der Waals surface area contributed by atoms with Gasteiger partial charge in [0.2, 0.25) is 0 Å². The molecule has 0 aromatic heterocycles. The summed E-state index contributed by atoms with van der Waals surface area (Å²) in [6, 6.07) is 0.630. The molecule has 1 saturated carbocycles. The van der Waals surface area contributed by atoms with E-state index < -0.39 is 10.8 Å². The monoisotopic (exact) mass is 258 g/mol. The van der Waals surface area contributed by atoms with Crippen LogP contribution in [-0.2, 0) is 10.8 Å². The molecule has 3 atom stereocenters. The second kappa shape index (κ2) is 5.37. The molecule has 3 nitrogen and oxygen atoms in total. The predicted molar refractivity (Wildman–Crippen MR) is 73.7 cm³/mol. The van der Waals surface area contributed by atoms with Gasteiger partial charge in [-0.15, -0.1) is 0 Å². The summed E-state index contributed by atoms with van der Waals surface area (Å²) in [5.74, 6) is 1.69. The molecule has 1 saturated heterocycles. The third kappa shape index (κ3) is 3.30. The lowest BCUT2D eigenvalue weighted by molar-refractivity contribution is 0.0786. The minimum absolute atomic E-state index is 0.306. The Balaban J connectivity index is 1.95. The topological polar surface area (TPSA) is 32.3 Å². The van der Waals surface area contributed by atoms with Gasteiger partial charge in [-0.05, 0) is 32.1 Å². The van der Waals surface area contributed by atoms with Gasteiger partial charge in [0, 0.05) is 54.0 Å². The zero-order valence-corrected chi connectivity index (χ0v) is 12.2. The van der Waals surface area contributed by atoms with Gasteiger partial charge in [-0.1, -0.05) is 6.92 Å². The van der Waals surface area contributed by atoms with E-state index in [0.717, 1.165) is 31.3 Å². The molecule has 100 valence electrons. The Morgan fingerprint density at radius 3 is 2.71 bits per heavy atom. The lowest BCUT2D eigenvalue weighted by Crippen LogP contribution is -2.64. The lowest BCUT2D eigenvalue weighted by atomic mass is 9.90. The van der Waals surface area contributed by atoms with Crippen LogP contribution in [-0.4, -0.2) is 52.3 Å². The van der Waals surface area contributed by atoms with E-state index in [1.165, 1.54) is 19.3 Å². The van der Waals surface area contributed by atoms with Crippen molar-refractivity contribution in [2.75, 3.05) is 31.6 Å².